The van der Waals surface area contributed by atoms with Crippen molar-refractivity contribution < 1.29 is 9.18 Å². The summed E-state index contributed by atoms with van der Waals surface area (Å²) < 4.78 is 13.0. The van der Waals surface area contributed by atoms with Gasteiger partial charge in [0.25, 0.3) is 5.91 Å². The number of carbonyl (C=O) groups is 1. The van der Waals surface area contributed by atoms with Gasteiger partial charge >= 0.3 is 0 Å². The van der Waals surface area contributed by atoms with E-state index >= 15 is 0 Å². The van der Waals surface area contributed by atoms with E-state index in [1.807, 2.05) is 6.07 Å². The van der Waals surface area contributed by atoms with Crippen molar-refractivity contribution in [2.24, 2.45) is 0 Å². The monoisotopic (exact) mass is 388 g/mol. The van der Waals surface area contributed by atoms with E-state index in [1.54, 1.807) is 55.1 Å². The summed E-state index contributed by atoms with van der Waals surface area (Å²) in [7, 11) is 0. The minimum absolute atomic E-state index is 0.221. The quantitative estimate of drug-likeness (QED) is 0.549. The van der Waals surface area contributed by atoms with Gasteiger partial charge in [-0.3, -0.25) is 4.79 Å². The third-order valence-corrected chi connectivity index (χ3v) is 4.30. The molecule has 4 rings (SSSR count). The molecule has 144 valence electrons. The van der Waals surface area contributed by atoms with Gasteiger partial charge in [0, 0.05) is 30.9 Å². The molecule has 2 aromatic heterocycles. The van der Waals surface area contributed by atoms with E-state index in [1.165, 1.54) is 16.9 Å². The summed E-state index contributed by atoms with van der Waals surface area (Å²) in [4.78, 5) is 22.6. The summed E-state index contributed by atoms with van der Waals surface area (Å²) in [6, 6.07) is 13.3. The predicted molar refractivity (Wildman–Crippen MR) is 105 cm³/mol. The number of rotatable bonds is 6. The maximum atomic E-state index is 13.0. The van der Waals surface area contributed by atoms with Crippen LogP contribution in [0.3, 0.4) is 0 Å². The van der Waals surface area contributed by atoms with E-state index in [0.717, 1.165) is 11.1 Å². The highest BCUT2D eigenvalue weighted by molar-refractivity contribution is 5.97. The number of amides is 1. The topological polar surface area (TPSA) is 85.6 Å². The average molecular weight is 388 g/mol. The van der Waals surface area contributed by atoms with Crippen LogP contribution in [-0.4, -0.2) is 37.4 Å². The molecule has 0 bridgehead atoms. The van der Waals surface area contributed by atoms with Crippen molar-refractivity contribution in [2.75, 3.05) is 6.54 Å². The number of nitrogens with zero attached hydrogens (tertiary/aromatic N) is 5. The zero-order chi connectivity index (χ0) is 20.1. The van der Waals surface area contributed by atoms with Gasteiger partial charge in [-0.25, -0.2) is 14.4 Å². The fourth-order valence-corrected chi connectivity index (χ4v) is 2.84. The first-order valence-corrected chi connectivity index (χ1v) is 9.01. The summed E-state index contributed by atoms with van der Waals surface area (Å²) in [5.41, 5.74) is 2.74. The van der Waals surface area contributed by atoms with Crippen LogP contribution < -0.4 is 5.32 Å². The molecule has 0 saturated heterocycles. The van der Waals surface area contributed by atoms with Crippen LogP contribution in [0.25, 0.3) is 16.8 Å². The Morgan fingerprint density at radius 2 is 1.62 bits per heavy atom. The zero-order valence-corrected chi connectivity index (χ0v) is 15.4. The molecule has 7 nitrogen and oxygen atoms in total. The molecule has 2 aromatic carbocycles. The summed E-state index contributed by atoms with van der Waals surface area (Å²) in [5.74, 6) is 0.103. The first-order chi connectivity index (χ1) is 14.2. The van der Waals surface area contributed by atoms with E-state index in [9.17, 15) is 9.18 Å². The Bertz CT molecular complexity index is 1090. The van der Waals surface area contributed by atoms with Crippen LogP contribution in [0.5, 0.6) is 0 Å². The molecule has 0 atom stereocenters. The van der Waals surface area contributed by atoms with Gasteiger partial charge in [-0.1, -0.05) is 24.3 Å². The van der Waals surface area contributed by atoms with Crippen molar-refractivity contribution in [1.29, 1.82) is 0 Å². The molecule has 29 heavy (non-hydrogen) atoms. The maximum Gasteiger partial charge on any atom is 0.253 e. The van der Waals surface area contributed by atoms with E-state index < -0.39 is 0 Å². The van der Waals surface area contributed by atoms with Gasteiger partial charge in [-0.15, -0.1) is 0 Å². The molecule has 0 aliphatic heterocycles. The van der Waals surface area contributed by atoms with Crippen LogP contribution in [-0.2, 0) is 6.42 Å². The van der Waals surface area contributed by atoms with Crippen molar-refractivity contribution in [3.63, 3.8) is 0 Å². The molecular weight excluding hydrogens is 371 g/mol. The minimum atomic E-state index is -0.285. The highest BCUT2D eigenvalue weighted by Crippen LogP contribution is 2.17. The van der Waals surface area contributed by atoms with Gasteiger partial charge in [0.1, 0.15) is 11.6 Å². The molecule has 0 aliphatic carbocycles. The second-order valence-corrected chi connectivity index (χ2v) is 6.24. The molecule has 0 aliphatic rings. The molecule has 4 aromatic rings. The van der Waals surface area contributed by atoms with Crippen LogP contribution in [0.4, 0.5) is 4.39 Å². The highest BCUT2D eigenvalue weighted by Gasteiger charge is 2.13. The van der Waals surface area contributed by atoms with E-state index in [4.69, 9.17) is 0 Å². The third kappa shape index (κ3) is 4.32. The predicted octanol–water partition coefficient (Wildman–Crippen LogP) is 2.84. The van der Waals surface area contributed by atoms with Gasteiger partial charge < -0.3 is 5.32 Å². The van der Waals surface area contributed by atoms with Crippen molar-refractivity contribution in [3.05, 3.63) is 90.5 Å². The van der Waals surface area contributed by atoms with Crippen LogP contribution in [0.15, 0.2) is 73.3 Å². The Kier molecular flexibility index (Phi) is 5.33. The van der Waals surface area contributed by atoms with Crippen LogP contribution in [0.1, 0.15) is 16.2 Å². The molecule has 8 heteroatoms. The largest absolute Gasteiger partial charge is 0.352 e. The minimum Gasteiger partial charge on any atom is -0.352 e. The molecule has 0 fully saturated rings. The summed E-state index contributed by atoms with van der Waals surface area (Å²) in [6.45, 7) is 0.385. The fraction of sp³-hybridized carbons (Fsp3) is 0.0952. The lowest BCUT2D eigenvalue weighted by molar-refractivity contribution is 0.0953. The summed E-state index contributed by atoms with van der Waals surface area (Å²) in [6.07, 6.45) is 6.98. The Morgan fingerprint density at radius 3 is 2.34 bits per heavy atom. The molecule has 0 spiro atoms. The smallest absolute Gasteiger partial charge is 0.253 e. The first kappa shape index (κ1) is 18.4. The fourth-order valence-electron chi connectivity index (χ4n) is 2.84. The highest BCUT2D eigenvalue weighted by atomic mass is 19.1. The number of halogens is 1. The maximum absolute atomic E-state index is 13.0. The standard InChI is InChI=1S/C21H17FN6O/c22-17-7-5-15(6-8-17)16-13-24-20(25-14-16)9-10-23-21(29)18-3-1-2-4-19(18)28-26-11-12-27-28/h1-8,11-14H,9-10H2,(H,23,29). The number of nitrogens with one attached hydrogen (secondary N) is 1. The number of hydrogen-bond acceptors (Lipinski definition) is 5. The normalized spacial score (nSPS) is 10.7. The second-order valence-electron chi connectivity index (χ2n) is 6.24. The van der Waals surface area contributed by atoms with Crippen molar-refractivity contribution >= 4 is 5.91 Å². The molecule has 0 unspecified atom stereocenters. The van der Waals surface area contributed by atoms with Gasteiger partial charge in [-0.05, 0) is 29.8 Å². The lowest BCUT2D eigenvalue weighted by atomic mass is 10.1. The van der Waals surface area contributed by atoms with E-state index in [0.29, 0.717) is 30.0 Å². The van der Waals surface area contributed by atoms with Crippen LogP contribution in [0.2, 0.25) is 0 Å². The second kappa shape index (κ2) is 8.39. The van der Waals surface area contributed by atoms with Crippen LogP contribution in [0, 0.1) is 5.82 Å². The van der Waals surface area contributed by atoms with Crippen molar-refractivity contribution in [1.82, 2.24) is 30.3 Å². The Morgan fingerprint density at radius 1 is 0.931 bits per heavy atom. The number of para-hydroxylation sites is 1. The van der Waals surface area contributed by atoms with E-state index in [2.05, 4.69) is 25.5 Å². The van der Waals surface area contributed by atoms with E-state index in [-0.39, 0.29) is 11.7 Å². The van der Waals surface area contributed by atoms with Gasteiger partial charge in [-0.2, -0.15) is 15.0 Å². The Balaban J connectivity index is 1.37. The average Bonchev–Trinajstić information content (AvgIpc) is 3.30. The van der Waals surface area contributed by atoms with Gasteiger partial charge in [0.05, 0.1) is 23.6 Å². The third-order valence-electron chi connectivity index (χ3n) is 4.30. The van der Waals surface area contributed by atoms with Crippen LogP contribution >= 0.6 is 0 Å². The Hall–Kier alpha value is -3.94. The van der Waals surface area contributed by atoms with Crippen molar-refractivity contribution in [2.45, 2.75) is 6.42 Å². The van der Waals surface area contributed by atoms with Gasteiger partial charge in [0.2, 0.25) is 0 Å². The number of carbonyl (C=O) groups excluding carboxylic acids is 1. The molecule has 1 amide bonds. The number of benzene rings is 2. The molecule has 1 N–H and O–H groups in total. The molecular formula is C21H17FN6O. The number of hydrogen-bond donors (Lipinski definition) is 1. The Labute approximate surface area is 166 Å². The molecule has 0 saturated carbocycles. The van der Waals surface area contributed by atoms with Gasteiger partial charge in [0.15, 0.2) is 0 Å². The first-order valence-electron chi connectivity index (χ1n) is 9.01. The summed E-state index contributed by atoms with van der Waals surface area (Å²) in [5, 5.41) is 11.0. The summed E-state index contributed by atoms with van der Waals surface area (Å²) >= 11 is 0. The molecule has 0 radical (unpaired) electrons. The molecule has 2 heterocycles. The lowest BCUT2D eigenvalue weighted by Gasteiger charge is -2.09. The SMILES string of the molecule is O=C(NCCc1ncc(-c2ccc(F)cc2)cn1)c1ccccc1-n1nccn1. The lowest BCUT2D eigenvalue weighted by Crippen LogP contribution is -2.27. The number of aromatic nitrogens is 5. The zero-order valence-electron chi connectivity index (χ0n) is 15.4. The van der Waals surface area contributed by atoms with Crippen molar-refractivity contribution in [3.8, 4) is 16.8 Å².